The molecular formula is C34H57N5O4. The fourth-order valence-electron chi connectivity index (χ4n) is 6.27. The smallest absolute Gasteiger partial charge is 0.280 e. The third kappa shape index (κ3) is 11.8. The second kappa shape index (κ2) is 19.6. The molecule has 1 fully saturated rings. The van der Waals surface area contributed by atoms with E-state index in [1.165, 1.54) is 89.9 Å². The third-order valence-electron chi connectivity index (χ3n) is 8.85. The highest BCUT2D eigenvalue weighted by atomic mass is 17.2. The number of nitrogens with one attached hydrogen (secondary N) is 1. The fourth-order valence-corrected chi connectivity index (χ4v) is 6.27. The van der Waals surface area contributed by atoms with Crippen molar-refractivity contribution in [1.82, 2.24) is 19.5 Å². The van der Waals surface area contributed by atoms with E-state index in [0.717, 1.165) is 43.4 Å². The molecule has 0 spiro atoms. The number of aliphatic hydroxyl groups is 1. The molecule has 9 heteroatoms. The minimum absolute atomic E-state index is 0.0519. The average molecular weight is 600 g/mol. The van der Waals surface area contributed by atoms with Gasteiger partial charge in [0.25, 0.3) is 5.56 Å². The van der Waals surface area contributed by atoms with E-state index in [-0.39, 0.29) is 29.0 Å². The first-order chi connectivity index (χ1) is 20.9. The molecule has 0 amide bonds. The van der Waals surface area contributed by atoms with E-state index >= 15 is 0 Å². The van der Waals surface area contributed by atoms with Crippen molar-refractivity contribution in [3.05, 3.63) is 41.2 Å². The van der Waals surface area contributed by atoms with Crippen LogP contribution in [0.15, 0.2) is 35.6 Å². The van der Waals surface area contributed by atoms with Crippen molar-refractivity contribution in [1.29, 1.82) is 0 Å². The number of allylic oxidation sites excluding steroid dienone is 1. The number of rotatable bonds is 24. The maximum atomic E-state index is 12.1. The molecule has 43 heavy (non-hydrogen) atoms. The molecule has 1 aliphatic rings. The quantitative estimate of drug-likeness (QED) is 0.0366. The standard InChI is InChI=1S/C34H57N5O4/c1-4-5-6-7-8-14-17-20-23-42-43-26(2)21-18-15-12-10-9-11-13-16-19-22-28-27(3)29(24-30(28)40)39-25-36-31-32(39)37-34(35)38-33(31)41/h25,28-30,40H,2-24H2,1H3,(H3,35,37,38,41)/t28-,29-,30-/m0/s1. The molecule has 2 aromatic rings. The molecule has 0 aliphatic heterocycles. The number of nitrogen functional groups attached to an aromatic ring is 1. The predicted molar refractivity (Wildman–Crippen MR) is 174 cm³/mol. The van der Waals surface area contributed by atoms with Crippen LogP contribution >= 0.6 is 0 Å². The zero-order chi connectivity index (χ0) is 30.9. The lowest BCUT2D eigenvalue weighted by molar-refractivity contribution is -0.264. The summed E-state index contributed by atoms with van der Waals surface area (Å²) >= 11 is 0. The Hall–Kier alpha value is -2.65. The second-order valence-electron chi connectivity index (χ2n) is 12.4. The van der Waals surface area contributed by atoms with Gasteiger partial charge in [0.1, 0.15) is 5.76 Å². The lowest BCUT2D eigenvalue weighted by Crippen LogP contribution is -2.14. The van der Waals surface area contributed by atoms with Crippen LogP contribution in [0, 0.1) is 5.92 Å². The first-order valence-electron chi connectivity index (χ1n) is 17.0. The first kappa shape index (κ1) is 34.8. The van der Waals surface area contributed by atoms with E-state index in [0.29, 0.717) is 18.7 Å². The first-order valence-corrected chi connectivity index (χ1v) is 17.0. The van der Waals surface area contributed by atoms with Gasteiger partial charge in [0.2, 0.25) is 5.95 Å². The number of hydrogen-bond donors (Lipinski definition) is 3. The Balaban J connectivity index is 1.15. The van der Waals surface area contributed by atoms with Crippen molar-refractivity contribution in [2.75, 3.05) is 12.3 Å². The molecule has 0 aromatic carbocycles. The molecule has 0 radical (unpaired) electrons. The molecule has 1 aliphatic carbocycles. The Morgan fingerprint density at radius 3 is 2.28 bits per heavy atom. The van der Waals surface area contributed by atoms with Crippen LogP contribution in [0.2, 0.25) is 0 Å². The molecular weight excluding hydrogens is 542 g/mol. The topological polar surface area (TPSA) is 128 Å². The number of aliphatic hydroxyl groups excluding tert-OH is 1. The van der Waals surface area contributed by atoms with Crippen molar-refractivity contribution < 1.29 is 14.9 Å². The predicted octanol–water partition coefficient (Wildman–Crippen LogP) is 8.07. The zero-order valence-corrected chi connectivity index (χ0v) is 26.7. The minimum atomic E-state index is -0.447. The van der Waals surface area contributed by atoms with Gasteiger partial charge < -0.3 is 20.3 Å². The number of aromatic amines is 1. The molecule has 3 atom stereocenters. The van der Waals surface area contributed by atoms with Crippen molar-refractivity contribution in [2.24, 2.45) is 5.92 Å². The van der Waals surface area contributed by atoms with Gasteiger partial charge in [-0.15, -0.1) is 0 Å². The molecule has 0 unspecified atom stereocenters. The van der Waals surface area contributed by atoms with Crippen LogP contribution in [-0.4, -0.2) is 37.3 Å². The number of imidazole rings is 1. The summed E-state index contributed by atoms with van der Waals surface area (Å²) in [6.07, 6.45) is 24.6. The highest BCUT2D eigenvalue weighted by molar-refractivity contribution is 5.71. The van der Waals surface area contributed by atoms with Gasteiger partial charge in [-0.2, -0.15) is 9.87 Å². The molecule has 9 nitrogen and oxygen atoms in total. The second-order valence-corrected chi connectivity index (χ2v) is 12.4. The molecule has 0 bridgehead atoms. The highest BCUT2D eigenvalue weighted by Gasteiger charge is 2.37. The van der Waals surface area contributed by atoms with Crippen LogP contribution in [0.4, 0.5) is 5.95 Å². The summed E-state index contributed by atoms with van der Waals surface area (Å²) in [5.74, 6) is 0.859. The maximum Gasteiger partial charge on any atom is 0.280 e. The van der Waals surface area contributed by atoms with Gasteiger partial charge >= 0.3 is 0 Å². The van der Waals surface area contributed by atoms with Crippen LogP contribution in [-0.2, 0) is 9.78 Å². The van der Waals surface area contributed by atoms with E-state index in [2.05, 4.69) is 35.0 Å². The number of unbranched alkanes of at least 4 members (excludes halogenated alkanes) is 15. The van der Waals surface area contributed by atoms with Gasteiger partial charge in [-0.1, -0.05) is 116 Å². The minimum Gasteiger partial charge on any atom is -0.392 e. The largest absolute Gasteiger partial charge is 0.392 e. The number of nitrogens with zero attached hydrogens (tertiary/aromatic N) is 3. The Morgan fingerprint density at radius 1 is 1.00 bits per heavy atom. The molecule has 4 N–H and O–H groups in total. The van der Waals surface area contributed by atoms with Crippen molar-refractivity contribution in [2.45, 2.75) is 147 Å². The summed E-state index contributed by atoms with van der Waals surface area (Å²) in [5, 5.41) is 10.8. The molecule has 1 saturated carbocycles. The van der Waals surface area contributed by atoms with Crippen molar-refractivity contribution in [3.63, 3.8) is 0 Å². The molecule has 3 rings (SSSR count). The Labute approximate surface area is 258 Å². The lowest BCUT2D eigenvalue weighted by Gasteiger charge is -2.17. The highest BCUT2D eigenvalue weighted by Crippen LogP contribution is 2.42. The van der Waals surface area contributed by atoms with Gasteiger partial charge in [-0.3, -0.25) is 9.78 Å². The molecule has 242 valence electrons. The maximum absolute atomic E-state index is 12.1. The van der Waals surface area contributed by atoms with E-state index in [1.54, 1.807) is 6.33 Å². The summed E-state index contributed by atoms with van der Waals surface area (Å²) in [6.45, 7) is 11.2. The fraction of sp³-hybridized carbons (Fsp3) is 0.735. The van der Waals surface area contributed by atoms with E-state index in [4.69, 9.17) is 15.5 Å². The number of anilines is 1. The Morgan fingerprint density at radius 2 is 1.60 bits per heavy atom. The van der Waals surface area contributed by atoms with Gasteiger partial charge in [0, 0.05) is 12.3 Å². The van der Waals surface area contributed by atoms with Crippen LogP contribution in [0.25, 0.3) is 11.2 Å². The third-order valence-corrected chi connectivity index (χ3v) is 8.85. The summed E-state index contributed by atoms with van der Waals surface area (Å²) in [5.41, 5.74) is 7.07. The van der Waals surface area contributed by atoms with Gasteiger partial charge in [0.15, 0.2) is 11.2 Å². The Bertz CT molecular complexity index is 1160. The van der Waals surface area contributed by atoms with Crippen LogP contribution < -0.4 is 11.3 Å². The zero-order valence-electron chi connectivity index (χ0n) is 26.7. The van der Waals surface area contributed by atoms with Gasteiger partial charge in [0.05, 0.1) is 25.1 Å². The normalized spacial score (nSPS) is 18.6. The van der Waals surface area contributed by atoms with E-state index in [1.807, 2.05) is 4.57 Å². The summed E-state index contributed by atoms with van der Waals surface area (Å²) in [7, 11) is 0. The van der Waals surface area contributed by atoms with E-state index in [9.17, 15) is 9.90 Å². The lowest BCUT2D eigenvalue weighted by atomic mass is 9.94. The van der Waals surface area contributed by atoms with Crippen molar-refractivity contribution in [3.8, 4) is 0 Å². The molecule has 0 saturated heterocycles. The summed E-state index contributed by atoms with van der Waals surface area (Å²) in [4.78, 5) is 33.8. The SMILES string of the molecule is C=C(CCCCCCCCCCC[C@H]1C(=C)[C@@H](n2cnc3c(=O)[nH]c(N)nc32)C[C@@H]1O)OOCCCCCCCCCC. The molecule has 2 heterocycles. The van der Waals surface area contributed by atoms with Crippen LogP contribution in [0.3, 0.4) is 0 Å². The monoisotopic (exact) mass is 599 g/mol. The Kier molecular flexibility index (Phi) is 15.9. The summed E-state index contributed by atoms with van der Waals surface area (Å²) < 4.78 is 1.84. The number of H-pyrrole nitrogens is 1. The number of nitrogens with two attached hydrogens (primary N) is 1. The number of hydrogen-bond acceptors (Lipinski definition) is 7. The molecule has 2 aromatic heterocycles. The van der Waals surface area contributed by atoms with Crippen LogP contribution in [0.5, 0.6) is 0 Å². The van der Waals surface area contributed by atoms with Gasteiger partial charge in [-0.05, 0) is 31.3 Å². The average Bonchev–Trinajstić information content (AvgIpc) is 3.52. The summed E-state index contributed by atoms with van der Waals surface area (Å²) in [6, 6.07) is -0.130. The van der Waals surface area contributed by atoms with Crippen molar-refractivity contribution >= 4 is 17.1 Å². The van der Waals surface area contributed by atoms with Crippen LogP contribution in [0.1, 0.15) is 141 Å². The van der Waals surface area contributed by atoms with E-state index < -0.39 is 6.10 Å². The number of aromatic nitrogens is 4. The number of fused-ring (bicyclic) bond motifs is 1. The van der Waals surface area contributed by atoms with Gasteiger partial charge in [-0.25, -0.2) is 4.98 Å².